The van der Waals surface area contributed by atoms with Crippen LogP contribution >= 0.6 is 23.2 Å². The minimum Gasteiger partial charge on any atom is -0.331 e. The van der Waals surface area contributed by atoms with Crippen LogP contribution < -0.4 is 0 Å². The van der Waals surface area contributed by atoms with Gasteiger partial charge < -0.3 is 9.47 Å². The first-order valence-electron chi connectivity index (χ1n) is 8.44. The summed E-state index contributed by atoms with van der Waals surface area (Å²) in [4.78, 5) is 9.45. The SMILES string of the molecule is CC(CCn1ccnc1-c1cc(Cl)ccc1Cl)N1CCN(C)CC1. The highest BCUT2D eigenvalue weighted by molar-refractivity contribution is 6.35. The van der Waals surface area contributed by atoms with E-state index < -0.39 is 0 Å². The molecular weight excluding hydrogens is 343 g/mol. The number of hydrogen-bond acceptors (Lipinski definition) is 3. The van der Waals surface area contributed by atoms with Crippen LogP contribution in [0.3, 0.4) is 0 Å². The van der Waals surface area contributed by atoms with Crippen molar-refractivity contribution in [1.82, 2.24) is 19.4 Å². The number of hydrogen-bond donors (Lipinski definition) is 0. The molecule has 130 valence electrons. The first kappa shape index (κ1) is 17.7. The van der Waals surface area contributed by atoms with Gasteiger partial charge >= 0.3 is 0 Å². The van der Waals surface area contributed by atoms with Crippen LogP contribution in [0.25, 0.3) is 11.4 Å². The Bertz CT molecular complexity index is 677. The second-order valence-electron chi connectivity index (χ2n) is 6.55. The molecule has 1 aliphatic rings. The lowest BCUT2D eigenvalue weighted by Crippen LogP contribution is -2.48. The van der Waals surface area contributed by atoms with E-state index in [0.29, 0.717) is 16.1 Å². The van der Waals surface area contributed by atoms with Crippen LogP contribution in [-0.4, -0.2) is 58.6 Å². The lowest BCUT2D eigenvalue weighted by molar-refractivity contribution is 0.112. The van der Waals surface area contributed by atoms with Crippen molar-refractivity contribution in [3.05, 3.63) is 40.6 Å². The Morgan fingerprint density at radius 1 is 1.17 bits per heavy atom. The topological polar surface area (TPSA) is 24.3 Å². The quantitative estimate of drug-likeness (QED) is 0.802. The fourth-order valence-corrected chi connectivity index (χ4v) is 3.55. The Balaban J connectivity index is 1.67. The van der Waals surface area contributed by atoms with Crippen LogP contribution in [0.4, 0.5) is 0 Å². The average molecular weight is 367 g/mol. The molecule has 2 heterocycles. The van der Waals surface area contributed by atoms with Crippen molar-refractivity contribution < 1.29 is 0 Å². The van der Waals surface area contributed by atoms with Gasteiger partial charge in [0, 0.05) is 61.7 Å². The van der Waals surface area contributed by atoms with Crippen LogP contribution in [0.2, 0.25) is 10.0 Å². The van der Waals surface area contributed by atoms with E-state index in [1.807, 2.05) is 24.5 Å². The smallest absolute Gasteiger partial charge is 0.141 e. The number of aryl methyl sites for hydroxylation is 1. The van der Waals surface area contributed by atoms with Crippen molar-refractivity contribution in [1.29, 1.82) is 0 Å². The van der Waals surface area contributed by atoms with E-state index in [1.165, 1.54) is 0 Å². The Morgan fingerprint density at radius 3 is 2.67 bits per heavy atom. The third-order valence-electron chi connectivity index (χ3n) is 4.83. The zero-order chi connectivity index (χ0) is 17.1. The van der Waals surface area contributed by atoms with Crippen LogP contribution in [0.1, 0.15) is 13.3 Å². The standard InChI is InChI=1S/C18H24Cl2N4/c1-14(23-11-9-22(2)10-12-23)5-7-24-8-6-21-18(24)16-13-15(19)3-4-17(16)20/h3-4,6,8,13-14H,5,7,9-12H2,1-2H3. The van der Waals surface area contributed by atoms with Gasteiger partial charge in [0.25, 0.3) is 0 Å². The number of aromatic nitrogens is 2. The van der Waals surface area contributed by atoms with Crippen molar-refractivity contribution in [2.75, 3.05) is 33.2 Å². The molecule has 0 saturated carbocycles. The van der Waals surface area contributed by atoms with Crippen LogP contribution in [0.15, 0.2) is 30.6 Å². The van der Waals surface area contributed by atoms with E-state index in [-0.39, 0.29) is 0 Å². The number of imidazole rings is 1. The zero-order valence-electron chi connectivity index (χ0n) is 14.3. The Hall–Kier alpha value is -1.07. The minimum atomic E-state index is 0.559. The van der Waals surface area contributed by atoms with E-state index in [2.05, 4.69) is 33.3 Å². The highest BCUT2D eigenvalue weighted by Gasteiger charge is 2.19. The highest BCUT2D eigenvalue weighted by atomic mass is 35.5. The summed E-state index contributed by atoms with van der Waals surface area (Å²) in [6.45, 7) is 7.83. The highest BCUT2D eigenvalue weighted by Crippen LogP contribution is 2.29. The minimum absolute atomic E-state index is 0.559. The normalized spacial score (nSPS) is 18.0. The fourth-order valence-electron chi connectivity index (χ4n) is 3.17. The molecule has 0 bridgehead atoms. The summed E-state index contributed by atoms with van der Waals surface area (Å²) in [6.07, 6.45) is 4.93. The predicted octanol–water partition coefficient (Wildman–Crippen LogP) is 3.88. The summed E-state index contributed by atoms with van der Waals surface area (Å²) in [6, 6.07) is 6.07. The number of benzene rings is 1. The Labute approximate surface area is 154 Å². The zero-order valence-corrected chi connectivity index (χ0v) is 15.8. The second kappa shape index (κ2) is 7.87. The molecular formula is C18H24Cl2N4. The van der Waals surface area contributed by atoms with Gasteiger partial charge in [-0.3, -0.25) is 4.90 Å². The van der Waals surface area contributed by atoms with Crippen LogP contribution in [-0.2, 0) is 6.54 Å². The lowest BCUT2D eigenvalue weighted by atomic mass is 10.1. The molecule has 0 spiro atoms. The molecule has 2 aromatic rings. The largest absolute Gasteiger partial charge is 0.331 e. The second-order valence-corrected chi connectivity index (χ2v) is 7.39. The van der Waals surface area contributed by atoms with E-state index in [4.69, 9.17) is 23.2 Å². The van der Waals surface area contributed by atoms with Gasteiger partial charge in [0.2, 0.25) is 0 Å². The fraction of sp³-hybridized carbons (Fsp3) is 0.500. The van der Waals surface area contributed by atoms with E-state index >= 15 is 0 Å². The van der Waals surface area contributed by atoms with Crippen molar-refractivity contribution in [2.24, 2.45) is 0 Å². The molecule has 1 atom stereocenters. The van der Waals surface area contributed by atoms with Gasteiger partial charge in [-0.15, -0.1) is 0 Å². The molecule has 0 aliphatic carbocycles. The van der Waals surface area contributed by atoms with Gasteiger partial charge in [0.1, 0.15) is 5.82 Å². The maximum absolute atomic E-state index is 6.33. The van der Waals surface area contributed by atoms with Crippen molar-refractivity contribution in [2.45, 2.75) is 25.9 Å². The van der Waals surface area contributed by atoms with Gasteiger partial charge in [0.05, 0.1) is 5.02 Å². The molecule has 1 aromatic carbocycles. The molecule has 1 unspecified atom stereocenters. The van der Waals surface area contributed by atoms with E-state index in [1.54, 1.807) is 6.07 Å². The summed E-state index contributed by atoms with van der Waals surface area (Å²) in [5.41, 5.74) is 0.890. The third-order valence-corrected chi connectivity index (χ3v) is 5.40. The molecule has 1 aliphatic heterocycles. The third kappa shape index (κ3) is 4.12. The maximum atomic E-state index is 6.33. The molecule has 1 saturated heterocycles. The van der Waals surface area contributed by atoms with E-state index in [9.17, 15) is 0 Å². The van der Waals surface area contributed by atoms with Gasteiger partial charge in [0.15, 0.2) is 0 Å². The summed E-state index contributed by atoms with van der Waals surface area (Å²) in [5, 5.41) is 1.36. The Kier molecular flexibility index (Phi) is 5.82. The summed E-state index contributed by atoms with van der Waals surface area (Å²) < 4.78 is 2.17. The van der Waals surface area contributed by atoms with Gasteiger partial charge in [-0.2, -0.15) is 0 Å². The van der Waals surface area contributed by atoms with Crippen LogP contribution in [0.5, 0.6) is 0 Å². The lowest BCUT2D eigenvalue weighted by Gasteiger charge is -2.36. The molecule has 1 fully saturated rings. The molecule has 0 radical (unpaired) electrons. The Morgan fingerprint density at radius 2 is 1.92 bits per heavy atom. The summed E-state index contributed by atoms with van der Waals surface area (Å²) >= 11 is 12.5. The average Bonchev–Trinajstić information content (AvgIpc) is 3.04. The summed E-state index contributed by atoms with van der Waals surface area (Å²) in [7, 11) is 2.19. The number of likely N-dealkylation sites (N-methyl/N-ethyl adjacent to an activating group) is 1. The van der Waals surface area contributed by atoms with Gasteiger partial charge in [-0.1, -0.05) is 23.2 Å². The predicted molar refractivity (Wildman–Crippen MR) is 101 cm³/mol. The summed E-state index contributed by atoms with van der Waals surface area (Å²) in [5.74, 6) is 0.882. The number of halogens is 2. The number of piperazine rings is 1. The molecule has 0 amide bonds. The van der Waals surface area contributed by atoms with Gasteiger partial charge in [-0.25, -0.2) is 4.98 Å². The van der Waals surface area contributed by atoms with Crippen molar-refractivity contribution in [3.8, 4) is 11.4 Å². The van der Waals surface area contributed by atoms with Crippen molar-refractivity contribution >= 4 is 23.2 Å². The van der Waals surface area contributed by atoms with Crippen LogP contribution in [0, 0.1) is 0 Å². The first-order valence-corrected chi connectivity index (χ1v) is 9.19. The van der Waals surface area contributed by atoms with Gasteiger partial charge in [-0.05, 0) is 38.6 Å². The maximum Gasteiger partial charge on any atom is 0.141 e. The molecule has 24 heavy (non-hydrogen) atoms. The van der Waals surface area contributed by atoms with E-state index in [0.717, 1.165) is 50.5 Å². The molecule has 1 aromatic heterocycles. The monoisotopic (exact) mass is 366 g/mol. The van der Waals surface area contributed by atoms with Crippen molar-refractivity contribution in [3.63, 3.8) is 0 Å². The molecule has 6 heteroatoms. The molecule has 4 nitrogen and oxygen atoms in total. The molecule has 3 rings (SSSR count). The first-order chi connectivity index (χ1) is 11.5. The number of rotatable bonds is 5. The number of nitrogens with zero attached hydrogens (tertiary/aromatic N) is 4. The molecule has 0 N–H and O–H groups in total.